The van der Waals surface area contributed by atoms with E-state index in [1.807, 2.05) is 7.05 Å². The van der Waals surface area contributed by atoms with E-state index in [0.29, 0.717) is 22.2 Å². The fraction of sp³-hybridized carbons (Fsp3) is 0.533. The second-order valence-corrected chi connectivity index (χ2v) is 6.10. The zero-order valence-corrected chi connectivity index (χ0v) is 12.9. The number of halogens is 1. The Morgan fingerprint density at radius 2 is 2.10 bits per heavy atom. The first kappa shape index (κ1) is 15.1. The molecule has 1 saturated heterocycles. The summed E-state index contributed by atoms with van der Waals surface area (Å²) in [6.07, 6.45) is 2.28. The van der Waals surface area contributed by atoms with E-state index in [1.54, 1.807) is 23.1 Å². The number of benzene rings is 1. The van der Waals surface area contributed by atoms with Crippen molar-refractivity contribution in [3.63, 3.8) is 0 Å². The lowest BCUT2D eigenvalue weighted by Gasteiger charge is -2.31. The molecule has 0 radical (unpaired) electrons. The average Bonchev–Trinajstić information content (AvgIpc) is 2.43. The highest BCUT2D eigenvalue weighted by molar-refractivity contribution is 6.31. The Hall–Kier alpha value is -1.26. The second kappa shape index (κ2) is 6.46. The van der Waals surface area contributed by atoms with E-state index in [0.717, 1.165) is 32.5 Å². The Bertz CT molecular complexity index is 484. The molecule has 1 aliphatic rings. The molecule has 1 aromatic rings. The molecule has 1 heterocycles. The van der Waals surface area contributed by atoms with Crippen LogP contribution in [0.15, 0.2) is 18.2 Å². The van der Waals surface area contributed by atoms with Crippen LogP contribution in [-0.2, 0) is 0 Å². The minimum atomic E-state index is -0.0519. The zero-order valence-electron chi connectivity index (χ0n) is 12.1. The molecule has 0 bridgehead atoms. The predicted octanol–water partition coefficient (Wildman–Crippen LogP) is 2.34. The number of nitrogens with two attached hydrogens (primary N) is 1. The molecule has 1 aliphatic heterocycles. The molecule has 1 aromatic carbocycles. The van der Waals surface area contributed by atoms with Crippen molar-refractivity contribution in [3.8, 4) is 0 Å². The molecule has 0 saturated carbocycles. The van der Waals surface area contributed by atoms with Gasteiger partial charge in [0.25, 0.3) is 5.91 Å². The monoisotopic (exact) mass is 295 g/mol. The van der Waals surface area contributed by atoms with E-state index >= 15 is 0 Å². The third-order valence-corrected chi connectivity index (χ3v) is 4.20. The van der Waals surface area contributed by atoms with Gasteiger partial charge in [-0.1, -0.05) is 11.6 Å². The fourth-order valence-corrected chi connectivity index (χ4v) is 2.81. The molecule has 20 heavy (non-hydrogen) atoms. The molecule has 4 nitrogen and oxygen atoms in total. The van der Waals surface area contributed by atoms with Gasteiger partial charge in [0.15, 0.2) is 0 Å². The first-order chi connectivity index (χ1) is 9.47. The number of piperidine rings is 1. The summed E-state index contributed by atoms with van der Waals surface area (Å²) >= 11 is 5.94. The van der Waals surface area contributed by atoms with E-state index in [-0.39, 0.29) is 5.91 Å². The molecule has 0 spiro atoms. The van der Waals surface area contributed by atoms with Crippen molar-refractivity contribution in [2.75, 3.05) is 39.5 Å². The Kier molecular flexibility index (Phi) is 4.89. The molecule has 0 aliphatic carbocycles. The third kappa shape index (κ3) is 3.64. The van der Waals surface area contributed by atoms with Crippen LogP contribution >= 0.6 is 11.6 Å². The molecule has 0 unspecified atom stereocenters. The molecular weight excluding hydrogens is 274 g/mol. The maximum Gasteiger partial charge on any atom is 0.255 e. The summed E-state index contributed by atoms with van der Waals surface area (Å²) in [5.74, 6) is 0.518. The Morgan fingerprint density at radius 1 is 1.45 bits per heavy atom. The van der Waals surface area contributed by atoms with Crippen molar-refractivity contribution in [3.05, 3.63) is 28.8 Å². The van der Waals surface area contributed by atoms with Crippen LogP contribution in [0.2, 0.25) is 5.02 Å². The molecule has 1 amide bonds. The van der Waals surface area contributed by atoms with Crippen molar-refractivity contribution < 1.29 is 4.79 Å². The smallest absolute Gasteiger partial charge is 0.255 e. The summed E-state index contributed by atoms with van der Waals surface area (Å²) in [5.41, 5.74) is 6.84. The van der Waals surface area contributed by atoms with Gasteiger partial charge in [-0.15, -0.1) is 0 Å². The number of carbonyl (C=O) groups excluding carboxylic acids is 1. The highest BCUT2D eigenvalue weighted by Crippen LogP contribution is 2.21. The highest BCUT2D eigenvalue weighted by Gasteiger charge is 2.22. The van der Waals surface area contributed by atoms with Gasteiger partial charge in [-0.05, 0) is 57.1 Å². The maximum atomic E-state index is 12.4. The normalized spacial score (nSPS) is 17.1. The Labute approximate surface area is 125 Å². The van der Waals surface area contributed by atoms with E-state index in [1.165, 1.54) is 0 Å². The van der Waals surface area contributed by atoms with Crippen molar-refractivity contribution in [2.45, 2.75) is 12.8 Å². The lowest BCUT2D eigenvalue weighted by atomic mass is 9.96. The molecule has 5 heteroatoms. The Balaban J connectivity index is 1.99. The van der Waals surface area contributed by atoms with Crippen molar-refractivity contribution >= 4 is 23.2 Å². The van der Waals surface area contributed by atoms with Gasteiger partial charge in [0.1, 0.15) is 0 Å². The maximum absolute atomic E-state index is 12.4. The largest absolute Gasteiger partial charge is 0.398 e. The van der Waals surface area contributed by atoms with Crippen LogP contribution in [0.25, 0.3) is 0 Å². The number of nitrogens with zero attached hydrogens (tertiary/aromatic N) is 2. The molecule has 0 atom stereocenters. The average molecular weight is 296 g/mol. The number of rotatable bonds is 3. The van der Waals surface area contributed by atoms with Crippen LogP contribution in [0.3, 0.4) is 0 Å². The van der Waals surface area contributed by atoms with Crippen LogP contribution in [0, 0.1) is 5.92 Å². The van der Waals surface area contributed by atoms with Gasteiger partial charge in [0, 0.05) is 24.3 Å². The third-order valence-electron chi connectivity index (χ3n) is 3.96. The summed E-state index contributed by atoms with van der Waals surface area (Å²) in [6.45, 7) is 2.98. The number of amides is 1. The summed E-state index contributed by atoms with van der Waals surface area (Å²) in [6, 6.07) is 5.02. The molecular formula is C15H22ClN3O. The van der Waals surface area contributed by atoms with Gasteiger partial charge in [-0.25, -0.2) is 0 Å². The van der Waals surface area contributed by atoms with E-state index in [9.17, 15) is 4.79 Å². The summed E-state index contributed by atoms with van der Waals surface area (Å²) in [7, 11) is 3.97. The quantitative estimate of drug-likeness (QED) is 0.871. The van der Waals surface area contributed by atoms with Gasteiger partial charge in [-0.2, -0.15) is 0 Å². The van der Waals surface area contributed by atoms with Crippen LogP contribution in [-0.4, -0.2) is 49.4 Å². The predicted molar refractivity (Wildman–Crippen MR) is 83.0 cm³/mol. The number of carbonyl (C=O) groups is 1. The first-order valence-electron chi connectivity index (χ1n) is 6.96. The number of likely N-dealkylation sites (tertiary alicyclic amines) is 1. The molecule has 0 aromatic heterocycles. The zero-order chi connectivity index (χ0) is 14.7. The van der Waals surface area contributed by atoms with Gasteiger partial charge >= 0.3 is 0 Å². The first-order valence-corrected chi connectivity index (χ1v) is 7.34. The summed E-state index contributed by atoms with van der Waals surface area (Å²) in [4.78, 5) is 16.5. The van der Waals surface area contributed by atoms with Crippen molar-refractivity contribution in [2.24, 2.45) is 5.92 Å². The SMILES string of the molecule is CN1CCC(CN(C)C(=O)c2cc(Cl)ccc2N)CC1. The molecule has 110 valence electrons. The van der Waals surface area contributed by atoms with Crippen LogP contribution in [0.1, 0.15) is 23.2 Å². The number of hydrogen-bond acceptors (Lipinski definition) is 3. The minimum Gasteiger partial charge on any atom is -0.398 e. The van der Waals surface area contributed by atoms with Gasteiger partial charge in [0.2, 0.25) is 0 Å². The molecule has 2 rings (SSSR count). The van der Waals surface area contributed by atoms with Gasteiger partial charge in [0.05, 0.1) is 5.56 Å². The van der Waals surface area contributed by atoms with Gasteiger partial charge in [-0.3, -0.25) is 4.79 Å². The lowest BCUT2D eigenvalue weighted by Crippen LogP contribution is -2.38. The van der Waals surface area contributed by atoms with E-state index in [2.05, 4.69) is 11.9 Å². The summed E-state index contributed by atoms with van der Waals surface area (Å²) < 4.78 is 0. The number of nitrogen functional groups attached to an aromatic ring is 1. The number of hydrogen-bond donors (Lipinski definition) is 1. The highest BCUT2D eigenvalue weighted by atomic mass is 35.5. The lowest BCUT2D eigenvalue weighted by molar-refractivity contribution is 0.0748. The van der Waals surface area contributed by atoms with Crippen LogP contribution in [0.5, 0.6) is 0 Å². The topological polar surface area (TPSA) is 49.6 Å². The summed E-state index contributed by atoms with van der Waals surface area (Å²) in [5, 5.41) is 0.537. The second-order valence-electron chi connectivity index (χ2n) is 5.66. The molecule has 2 N–H and O–H groups in total. The van der Waals surface area contributed by atoms with Crippen LogP contribution in [0.4, 0.5) is 5.69 Å². The van der Waals surface area contributed by atoms with Crippen molar-refractivity contribution in [1.82, 2.24) is 9.80 Å². The standard InChI is InChI=1S/C15H22ClN3O/c1-18-7-5-11(6-8-18)10-19(2)15(20)13-9-12(16)3-4-14(13)17/h3-4,9,11H,5-8,10,17H2,1-2H3. The van der Waals surface area contributed by atoms with Crippen molar-refractivity contribution in [1.29, 1.82) is 0 Å². The van der Waals surface area contributed by atoms with Gasteiger partial charge < -0.3 is 15.5 Å². The number of anilines is 1. The Morgan fingerprint density at radius 3 is 2.75 bits per heavy atom. The van der Waals surface area contributed by atoms with Crippen LogP contribution < -0.4 is 5.73 Å². The minimum absolute atomic E-state index is 0.0519. The fourth-order valence-electron chi connectivity index (χ4n) is 2.63. The van der Waals surface area contributed by atoms with E-state index < -0.39 is 0 Å². The molecule has 1 fully saturated rings. The van der Waals surface area contributed by atoms with E-state index in [4.69, 9.17) is 17.3 Å².